The number of hydrogen-bond donors (Lipinski definition) is 3. The number of halogens is 1. The van der Waals surface area contributed by atoms with Crippen molar-refractivity contribution in [3.05, 3.63) is 42.5 Å². The molecule has 9 heteroatoms. The van der Waals surface area contributed by atoms with E-state index in [0.29, 0.717) is 11.5 Å². The highest BCUT2D eigenvalue weighted by Crippen LogP contribution is 2.30. The molecule has 3 N–H and O–H groups in total. The number of fused-ring (bicyclic) bond motifs is 2. The molecular weight excluding hydrogens is 359 g/mol. The van der Waals surface area contributed by atoms with Gasteiger partial charge in [-0.1, -0.05) is 0 Å². The molecule has 5 rings (SSSR count). The second-order valence-electron chi connectivity index (χ2n) is 7.16. The fourth-order valence-electron chi connectivity index (χ4n) is 3.97. The minimum Gasteiger partial charge on any atom is -0.358 e. The number of hydrogen-bond acceptors (Lipinski definition) is 6. The van der Waals surface area contributed by atoms with E-state index >= 15 is 0 Å². The first-order chi connectivity index (χ1) is 13.7. The average molecular weight is 380 g/mol. The van der Waals surface area contributed by atoms with E-state index in [4.69, 9.17) is 4.98 Å². The van der Waals surface area contributed by atoms with Crippen molar-refractivity contribution in [3.63, 3.8) is 0 Å². The fraction of sp³-hybridized carbons (Fsp3) is 0.368. The van der Waals surface area contributed by atoms with Crippen molar-refractivity contribution >= 4 is 28.0 Å². The summed E-state index contributed by atoms with van der Waals surface area (Å²) >= 11 is 0. The Balaban J connectivity index is 1.58. The van der Waals surface area contributed by atoms with E-state index in [1.807, 2.05) is 6.92 Å². The molecule has 1 saturated heterocycles. The summed E-state index contributed by atoms with van der Waals surface area (Å²) in [6.45, 7) is 3.90. The van der Waals surface area contributed by atoms with Crippen molar-refractivity contribution in [2.45, 2.75) is 31.8 Å². The van der Waals surface area contributed by atoms with E-state index in [2.05, 4.69) is 35.1 Å². The maximum absolute atomic E-state index is 14.0. The molecule has 0 radical (unpaired) electrons. The normalized spacial score (nSPS) is 18.6. The van der Waals surface area contributed by atoms with Gasteiger partial charge in [0.1, 0.15) is 23.5 Å². The van der Waals surface area contributed by atoms with E-state index in [1.54, 1.807) is 18.5 Å². The highest BCUT2D eigenvalue weighted by atomic mass is 19.1. The van der Waals surface area contributed by atoms with Crippen LogP contribution in [0.15, 0.2) is 30.9 Å². The van der Waals surface area contributed by atoms with Crippen LogP contribution in [0.25, 0.3) is 22.2 Å². The molecule has 3 aromatic heterocycles. The van der Waals surface area contributed by atoms with Gasteiger partial charge in [-0.15, -0.1) is 0 Å². The third kappa shape index (κ3) is 2.88. The summed E-state index contributed by atoms with van der Waals surface area (Å²) < 4.78 is 16.2. The van der Waals surface area contributed by atoms with Gasteiger partial charge in [-0.05, 0) is 44.5 Å². The molecule has 28 heavy (non-hydrogen) atoms. The first kappa shape index (κ1) is 17.1. The number of rotatable bonds is 4. The van der Waals surface area contributed by atoms with Crippen LogP contribution >= 0.6 is 0 Å². The van der Waals surface area contributed by atoms with Crippen molar-refractivity contribution in [1.29, 1.82) is 0 Å². The number of imidazole rings is 2. The number of anilines is 1. The van der Waals surface area contributed by atoms with E-state index in [1.165, 1.54) is 12.4 Å². The molecule has 0 bridgehead atoms. The second-order valence-corrected chi connectivity index (χ2v) is 7.16. The zero-order valence-corrected chi connectivity index (χ0v) is 15.5. The molecule has 1 aromatic carbocycles. The van der Waals surface area contributed by atoms with E-state index in [0.717, 1.165) is 48.3 Å². The molecule has 0 spiro atoms. The summed E-state index contributed by atoms with van der Waals surface area (Å²) in [6, 6.07) is 4.87. The van der Waals surface area contributed by atoms with Gasteiger partial charge in [-0.25, -0.2) is 24.3 Å². The number of benzene rings is 1. The number of piperidine rings is 1. The summed E-state index contributed by atoms with van der Waals surface area (Å²) in [6.07, 6.45) is 5.21. The van der Waals surface area contributed by atoms with Gasteiger partial charge in [0.05, 0.1) is 23.4 Å². The van der Waals surface area contributed by atoms with Crippen LogP contribution in [0.2, 0.25) is 0 Å². The van der Waals surface area contributed by atoms with Crippen LogP contribution in [0.5, 0.6) is 0 Å². The van der Waals surface area contributed by atoms with Crippen LogP contribution in [0.4, 0.5) is 10.2 Å². The molecular formula is C19H21FN8. The smallest absolute Gasteiger partial charge is 0.182 e. The first-order valence-electron chi connectivity index (χ1n) is 9.49. The highest BCUT2D eigenvalue weighted by molar-refractivity contribution is 5.82. The number of aromatic amines is 1. The van der Waals surface area contributed by atoms with E-state index in [9.17, 15) is 4.39 Å². The monoisotopic (exact) mass is 380 g/mol. The first-order valence-corrected chi connectivity index (χ1v) is 9.49. The lowest BCUT2D eigenvalue weighted by atomic mass is 10.1. The third-order valence-electron chi connectivity index (χ3n) is 5.28. The largest absolute Gasteiger partial charge is 0.358 e. The summed E-state index contributed by atoms with van der Waals surface area (Å²) in [5.41, 5.74) is 2.98. The van der Waals surface area contributed by atoms with Crippen molar-refractivity contribution in [1.82, 2.24) is 34.8 Å². The molecule has 1 aliphatic heterocycles. The molecule has 4 aromatic rings. The molecule has 0 aliphatic carbocycles. The fourth-order valence-corrected chi connectivity index (χ4v) is 3.97. The molecule has 8 nitrogen and oxygen atoms in total. The van der Waals surface area contributed by atoms with E-state index in [-0.39, 0.29) is 17.9 Å². The van der Waals surface area contributed by atoms with Crippen LogP contribution in [0.3, 0.4) is 0 Å². The molecule has 1 aliphatic rings. The summed E-state index contributed by atoms with van der Waals surface area (Å²) in [5.74, 6) is 1.28. The Hall–Kier alpha value is -3.07. The Morgan fingerprint density at radius 1 is 1.29 bits per heavy atom. The van der Waals surface area contributed by atoms with Crippen molar-refractivity contribution in [3.8, 4) is 0 Å². The van der Waals surface area contributed by atoms with Gasteiger partial charge in [0.15, 0.2) is 11.5 Å². The molecule has 4 heterocycles. The van der Waals surface area contributed by atoms with Crippen molar-refractivity contribution in [2.24, 2.45) is 0 Å². The lowest BCUT2D eigenvalue weighted by Gasteiger charge is -2.28. The SMILES string of the molecule is C[C@H](Nc1ncnc2nc[nH]c12)c1nc2ccc(F)cc2n1[C@H]1CCCNC1. The molecule has 0 saturated carbocycles. The zero-order valence-electron chi connectivity index (χ0n) is 15.5. The van der Waals surface area contributed by atoms with E-state index < -0.39 is 0 Å². The average Bonchev–Trinajstić information content (AvgIpc) is 3.33. The van der Waals surface area contributed by atoms with Gasteiger partial charge < -0.3 is 20.2 Å². The Morgan fingerprint density at radius 2 is 2.21 bits per heavy atom. The van der Waals surface area contributed by atoms with Crippen molar-refractivity contribution in [2.75, 3.05) is 18.4 Å². The molecule has 0 amide bonds. The molecule has 0 unspecified atom stereocenters. The van der Waals surface area contributed by atoms with Crippen LogP contribution < -0.4 is 10.6 Å². The van der Waals surface area contributed by atoms with Crippen LogP contribution in [-0.4, -0.2) is 42.6 Å². The lowest BCUT2D eigenvalue weighted by molar-refractivity contribution is 0.367. The van der Waals surface area contributed by atoms with Crippen LogP contribution in [0, 0.1) is 5.82 Å². The number of nitrogens with one attached hydrogen (secondary N) is 3. The zero-order chi connectivity index (χ0) is 19.1. The summed E-state index contributed by atoms with van der Waals surface area (Å²) in [7, 11) is 0. The Kier molecular flexibility index (Phi) is 4.16. The number of nitrogens with zero attached hydrogens (tertiary/aromatic N) is 5. The van der Waals surface area contributed by atoms with Gasteiger partial charge >= 0.3 is 0 Å². The quantitative estimate of drug-likeness (QED) is 0.504. The van der Waals surface area contributed by atoms with Gasteiger partial charge in [0.2, 0.25) is 0 Å². The molecule has 2 atom stereocenters. The highest BCUT2D eigenvalue weighted by Gasteiger charge is 2.25. The predicted molar refractivity (Wildman–Crippen MR) is 105 cm³/mol. The minimum absolute atomic E-state index is 0.140. The van der Waals surface area contributed by atoms with Crippen molar-refractivity contribution < 1.29 is 4.39 Å². The maximum Gasteiger partial charge on any atom is 0.182 e. The second kappa shape index (κ2) is 6.83. The Bertz CT molecular complexity index is 1130. The predicted octanol–water partition coefficient (Wildman–Crippen LogP) is 2.94. The van der Waals surface area contributed by atoms with Gasteiger partial charge in [0, 0.05) is 12.6 Å². The van der Waals surface area contributed by atoms with Crippen LogP contribution in [0.1, 0.15) is 37.7 Å². The maximum atomic E-state index is 14.0. The topological polar surface area (TPSA) is 96.3 Å². The Labute approximate surface area is 160 Å². The molecule has 144 valence electrons. The lowest BCUT2D eigenvalue weighted by Crippen LogP contribution is -2.33. The summed E-state index contributed by atoms with van der Waals surface area (Å²) in [5, 5.41) is 6.86. The Morgan fingerprint density at radius 3 is 3.07 bits per heavy atom. The standard InChI is InChI=1S/C19H21FN8/c1-11(26-18-16-17(23-9-22-16)24-10-25-18)19-27-14-5-4-12(20)7-15(14)28(19)13-3-2-6-21-8-13/h4-5,7,9-11,13,21H,2-3,6,8H2,1H3,(H2,22,23,24,25,26)/t11-,13-/m0/s1. The van der Waals surface area contributed by atoms with Gasteiger partial charge in [-0.3, -0.25) is 0 Å². The molecule has 1 fully saturated rings. The number of H-pyrrole nitrogens is 1. The third-order valence-corrected chi connectivity index (χ3v) is 5.28. The summed E-state index contributed by atoms with van der Waals surface area (Å²) in [4.78, 5) is 20.6. The van der Waals surface area contributed by atoms with Gasteiger partial charge in [0.25, 0.3) is 0 Å². The number of aromatic nitrogens is 6. The van der Waals surface area contributed by atoms with Crippen LogP contribution in [-0.2, 0) is 0 Å². The minimum atomic E-state index is -0.250. The van der Waals surface area contributed by atoms with Gasteiger partial charge in [-0.2, -0.15) is 0 Å².